The Bertz CT molecular complexity index is 1010. The smallest absolute Gasteiger partial charge is 0.417 e. The van der Waals surface area contributed by atoms with E-state index in [2.05, 4.69) is 15.5 Å². The standard InChI is InChI=1S/C20H21BN4O3/c22-11-17(14-2-4-18-19(10-14)28-8-7-24-21(18)27)20(26)25-16-3-1-15-12-23-6-5-13(15)9-16/h1-6,9-10,12,17,24,27H,7-8,11,22H2,(H,25,26). The molecule has 1 amide bonds. The number of nitrogens with two attached hydrogens (primary N) is 1. The van der Waals surface area contributed by atoms with E-state index >= 15 is 0 Å². The van der Waals surface area contributed by atoms with Crippen LogP contribution in [0, 0.1) is 0 Å². The second-order valence-electron chi connectivity index (χ2n) is 6.72. The van der Waals surface area contributed by atoms with Gasteiger partial charge in [0.25, 0.3) is 0 Å². The van der Waals surface area contributed by atoms with Gasteiger partial charge in [-0.2, -0.15) is 0 Å². The molecule has 28 heavy (non-hydrogen) atoms. The van der Waals surface area contributed by atoms with Crippen LogP contribution in [0.5, 0.6) is 5.75 Å². The van der Waals surface area contributed by atoms with Crippen LogP contribution in [0.15, 0.2) is 54.9 Å². The van der Waals surface area contributed by atoms with Crippen LogP contribution < -0.4 is 26.5 Å². The predicted molar refractivity (Wildman–Crippen MR) is 110 cm³/mol. The molecule has 0 fully saturated rings. The highest BCUT2D eigenvalue weighted by atomic mass is 16.5. The molecular formula is C20H21BN4O3. The Morgan fingerprint density at radius 1 is 1.29 bits per heavy atom. The van der Waals surface area contributed by atoms with Crippen molar-refractivity contribution in [2.24, 2.45) is 5.73 Å². The van der Waals surface area contributed by atoms with Crippen LogP contribution in [0.1, 0.15) is 11.5 Å². The number of hydrogen-bond acceptors (Lipinski definition) is 6. The highest BCUT2D eigenvalue weighted by Crippen LogP contribution is 2.23. The zero-order valence-corrected chi connectivity index (χ0v) is 15.3. The third kappa shape index (κ3) is 3.70. The summed E-state index contributed by atoms with van der Waals surface area (Å²) in [6.45, 7) is 1.14. The van der Waals surface area contributed by atoms with E-state index < -0.39 is 13.0 Å². The quantitative estimate of drug-likeness (QED) is 0.496. The molecule has 3 aromatic rings. The summed E-state index contributed by atoms with van der Waals surface area (Å²) in [5.74, 6) is -0.155. The third-order valence-corrected chi connectivity index (χ3v) is 4.89. The molecule has 2 aromatic carbocycles. The molecule has 1 atom stereocenters. The van der Waals surface area contributed by atoms with Crippen LogP contribution in [-0.4, -0.2) is 42.7 Å². The first kappa shape index (κ1) is 18.4. The maximum atomic E-state index is 12.9. The fraction of sp³-hybridized carbons (Fsp3) is 0.200. The van der Waals surface area contributed by atoms with Gasteiger partial charge in [-0.25, -0.2) is 0 Å². The fourth-order valence-corrected chi connectivity index (χ4v) is 3.37. The number of anilines is 1. The molecule has 0 spiro atoms. The number of aromatic nitrogens is 1. The number of rotatable bonds is 4. The van der Waals surface area contributed by atoms with Crippen molar-refractivity contribution >= 4 is 34.9 Å². The summed E-state index contributed by atoms with van der Waals surface area (Å²) in [5.41, 5.74) is 8.02. The molecule has 1 aliphatic heterocycles. The number of ether oxygens (including phenoxy) is 1. The average molecular weight is 376 g/mol. The molecule has 1 unspecified atom stereocenters. The average Bonchev–Trinajstić information content (AvgIpc) is 2.89. The van der Waals surface area contributed by atoms with E-state index in [0.29, 0.717) is 30.1 Å². The van der Waals surface area contributed by atoms with E-state index in [1.165, 1.54) is 0 Å². The van der Waals surface area contributed by atoms with Gasteiger partial charge in [-0.05, 0) is 35.2 Å². The first-order valence-electron chi connectivity index (χ1n) is 9.18. The number of pyridine rings is 1. The van der Waals surface area contributed by atoms with Gasteiger partial charge in [0.15, 0.2) is 0 Å². The Kier molecular flexibility index (Phi) is 5.25. The predicted octanol–water partition coefficient (Wildman–Crippen LogP) is 0.585. The van der Waals surface area contributed by atoms with E-state index in [9.17, 15) is 9.82 Å². The molecule has 5 N–H and O–H groups in total. The second kappa shape index (κ2) is 7.98. The molecule has 2 heterocycles. The molecule has 0 saturated heterocycles. The largest absolute Gasteiger partial charge is 0.493 e. The number of carbonyl (C=O) groups excluding carboxylic acids is 1. The van der Waals surface area contributed by atoms with E-state index in [4.69, 9.17) is 10.5 Å². The lowest BCUT2D eigenvalue weighted by Crippen LogP contribution is -2.44. The van der Waals surface area contributed by atoms with Crippen LogP contribution >= 0.6 is 0 Å². The normalized spacial score (nSPS) is 14.7. The van der Waals surface area contributed by atoms with Crippen molar-refractivity contribution in [1.29, 1.82) is 0 Å². The molecule has 1 aromatic heterocycles. The lowest BCUT2D eigenvalue weighted by atomic mass is 9.73. The molecule has 0 radical (unpaired) electrons. The monoisotopic (exact) mass is 376 g/mol. The van der Waals surface area contributed by atoms with E-state index in [1.54, 1.807) is 24.5 Å². The topological polar surface area (TPSA) is 110 Å². The SMILES string of the molecule is NCC(C(=O)Nc1ccc2cnccc2c1)c1ccc2c(c1)OCCNB2O. The van der Waals surface area contributed by atoms with Gasteiger partial charge < -0.3 is 26.0 Å². The van der Waals surface area contributed by atoms with Crippen LogP contribution in [0.25, 0.3) is 10.8 Å². The molecule has 0 bridgehead atoms. The number of nitrogens with one attached hydrogen (secondary N) is 2. The maximum absolute atomic E-state index is 12.9. The van der Waals surface area contributed by atoms with Crippen LogP contribution in [-0.2, 0) is 4.79 Å². The molecule has 142 valence electrons. The molecule has 8 heteroatoms. The minimum atomic E-state index is -0.788. The van der Waals surface area contributed by atoms with Crippen molar-refractivity contribution in [1.82, 2.24) is 10.2 Å². The van der Waals surface area contributed by atoms with E-state index in [-0.39, 0.29) is 12.5 Å². The summed E-state index contributed by atoms with van der Waals surface area (Å²) in [6.07, 6.45) is 3.50. The maximum Gasteiger partial charge on any atom is 0.417 e. The Hall–Kier alpha value is -2.94. The summed E-state index contributed by atoms with van der Waals surface area (Å²) in [6, 6.07) is 12.9. The van der Waals surface area contributed by atoms with Gasteiger partial charge in [0.2, 0.25) is 5.91 Å². The highest BCUT2D eigenvalue weighted by molar-refractivity contribution is 6.64. The highest BCUT2D eigenvalue weighted by Gasteiger charge is 2.25. The molecule has 7 nitrogen and oxygen atoms in total. The first-order valence-corrected chi connectivity index (χ1v) is 9.18. The summed E-state index contributed by atoms with van der Waals surface area (Å²) >= 11 is 0. The van der Waals surface area contributed by atoms with Gasteiger partial charge in [-0.1, -0.05) is 18.2 Å². The molecule has 1 aliphatic rings. The van der Waals surface area contributed by atoms with Gasteiger partial charge in [0.1, 0.15) is 5.75 Å². The van der Waals surface area contributed by atoms with Gasteiger partial charge in [-0.3, -0.25) is 9.78 Å². The van der Waals surface area contributed by atoms with Crippen LogP contribution in [0.2, 0.25) is 0 Å². The molecule has 4 rings (SSSR count). The Labute approximate surface area is 163 Å². The zero-order valence-electron chi connectivity index (χ0n) is 15.3. The third-order valence-electron chi connectivity index (χ3n) is 4.89. The van der Waals surface area contributed by atoms with Crippen LogP contribution in [0.4, 0.5) is 5.69 Å². The van der Waals surface area contributed by atoms with Crippen molar-refractivity contribution in [3.8, 4) is 5.75 Å². The van der Waals surface area contributed by atoms with Crippen LogP contribution in [0.3, 0.4) is 0 Å². The first-order chi connectivity index (χ1) is 13.7. The minimum Gasteiger partial charge on any atom is -0.493 e. The Morgan fingerprint density at radius 3 is 3.04 bits per heavy atom. The summed E-state index contributed by atoms with van der Waals surface area (Å²) in [4.78, 5) is 17.0. The van der Waals surface area contributed by atoms with Crippen molar-refractivity contribution in [3.63, 3.8) is 0 Å². The van der Waals surface area contributed by atoms with Gasteiger partial charge in [0.05, 0.1) is 12.5 Å². The Morgan fingerprint density at radius 2 is 2.18 bits per heavy atom. The van der Waals surface area contributed by atoms with Gasteiger partial charge in [0, 0.05) is 42.0 Å². The summed E-state index contributed by atoms with van der Waals surface area (Å²) in [7, 11) is -0.788. The molecule has 0 aliphatic carbocycles. The lowest BCUT2D eigenvalue weighted by Gasteiger charge is -2.18. The van der Waals surface area contributed by atoms with E-state index in [0.717, 1.165) is 16.3 Å². The number of hydrogen-bond donors (Lipinski definition) is 4. The second-order valence-corrected chi connectivity index (χ2v) is 6.72. The van der Waals surface area contributed by atoms with Crippen molar-refractivity contribution in [3.05, 3.63) is 60.4 Å². The van der Waals surface area contributed by atoms with Gasteiger partial charge in [-0.15, -0.1) is 0 Å². The molecule has 0 saturated carbocycles. The number of amides is 1. The van der Waals surface area contributed by atoms with Crippen molar-refractivity contribution in [2.45, 2.75) is 5.92 Å². The summed E-state index contributed by atoms with van der Waals surface area (Å²) < 4.78 is 5.70. The number of benzene rings is 2. The lowest BCUT2D eigenvalue weighted by molar-refractivity contribution is -0.117. The number of carbonyl (C=O) groups is 1. The number of nitrogens with zero attached hydrogens (tertiary/aromatic N) is 1. The van der Waals surface area contributed by atoms with E-state index in [1.807, 2.05) is 30.3 Å². The fourth-order valence-electron chi connectivity index (χ4n) is 3.37. The van der Waals surface area contributed by atoms with Crippen molar-refractivity contribution in [2.75, 3.05) is 25.0 Å². The van der Waals surface area contributed by atoms with Crippen molar-refractivity contribution < 1.29 is 14.6 Å². The minimum absolute atomic E-state index is 0.156. The summed E-state index contributed by atoms with van der Waals surface area (Å²) in [5, 5.41) is 18.0. The zero-order chi connectivity index (χ0) is 19.5. The van der Waals surface area contributed by atoms with Gasteiger partial charge >= 0.3 is 7.05 Å². The Balaban J connectivity index is 1.57. The number of fused-ring (bicyclic) bond motifs is 2. The molecular weight excluding hydrogens is 355 g/mol.